The van der Waals surface area contributed by atoms with Crippen LogP contribution in [0, 0.1) is 5.82 Å². The van der Waals surface area contributed by atoms with Crippen LogP contribution in [-0.4, -0.2) is 47.3 Å². The minimum absolute atomic E-state index is 0.193. The third-order valence-corrected chi connectivity index (χ3v) is 4.51. The quantitative estimate of drug-likeness (QED) is 0.691. The van der Waals surface area contributed by atoms with Crippen LogP contribution < -0.4 is 5.32 Å². The molecule has 1 atom stereocenters. The number of aromatic nitrogens is 2. The van der Waals surface area contributed by atoms with Gasteiger partial charge in [0, 0.05) is 45.8 Å². The second-order valence-electron chi connectivity index (χ2n) is 6.23. The minimum atomic E-state index is -0.193. The summed E-state index contributed by atoms with van der Waals surface area (Å²) >= 11 is 0. The van der Waals surface area contributed by atoms with E-state index in [1.54, 1.807) is 0 Å². The van der Waals surface area contributed by atoms with E-state index in [1.807, 2.05) is 37.1 Å². The summed E-state index contributed by atoms with van der Waals surface area (Å²) < 4.78 is 14.8. The molecule has 0 saturated carbocycles. The number of likely N-dealkylation sites (tertiary alicyclic amines) is 1. The maximum absolute atomic E-state index is 12.9. The van der Waals surface area contributed by atoms with Crippen molar-refractivity contribution in [2.75, 3.05) is 26.7 Å². The Morgan fingerprint density at radius 1 is 1.38 bits per heavy atom. The smallest absolute Gasteiger partial charge is 0.193 e. The summed E-state index contributed by atoms with van der Waals surface area (Å²) in [4.78, 5) is 6.69. The average Bonchev–Trinajstić information content (AvgIpc) is 3.22. The van der Waals surface area contributed by atoms with Crippen molar-refractivity contribution in [3.8, 4) is 0 Å². The van der Waals surface area contributed by atoms with Crippen LogP contribution in [0.2, 0.25) is 0 Å². The first kappa shape index (κ1) is 16.5. The molecule has 0 radical (unpaired) electrons. The standard InChI is InChI=1S/C18H24FN5/c1-20-18(21-9-7-14-3-5-17(19)6-4-14)24-10-8-15(13-24)16-11-22-23(2)12-16/h3-6,11-12,15H,7-10,13H2,1-2H3,(H,20,21). The molecular weight excluding hydrogens is 305 g/mol. The molecule has 128 valence electrons. The van der Waals surface area contributed by atoms with Gasteiger partial charge < -0.3 is 10.2 Å². The molecule has 0 spiro atoms. The predicted molar refractivity (Wildman–Crippen MR) is 93.6 cm³/mol. The van der Waals surface area contributed by atoms with Gasteiger partial charge in [-0.15, -0.1) is 0 Å². The molecule has 1 aromatic heterocycles. The molecule has 1 aromatic carbocycles. The zero-order valence-electron chi connectivity index (χ0n) is 14.2. The molecule has 3 rings (SSSR count). The molecule has 0 bridgehead atoms. The highest BCUT2D eigenvalue weighted by Crippen LogP contribution is 2.26. The molecule has 5 nitrogen and oxygen atoms in total. The van der Waals surface area contributed by atoms with E-state index in [0.717, 1.165) is 44.0 Å². The molecule has 6 heteroatoms. The van der Waals surface area contributed by atoms with Crippen LogP contribution in [0.25, 0.3) is 0 Å². The topological polar surface area (TPSA) is 45.5 Å². The van der Waals surface area contributed by atoms with E-state index >= 15 is 0 Å². The lowest BCUT2D eigenvalue weighted by Gasteiger charge is -2.21. The van der Waals surface area contributed by atoms with Gasteiger partial charge in [0.05, 0.1) is 6.20 Å². The maximum Gasteiger partial charge on any atom is 0.193 e. The third-order valence-electron chi connectivity index (χ3n) is 4.51. The van der Waals surface area contributed by atoms with Gasteiger partial charge in [0.1, 0.15) is 5.82 Å². The fourth-order valence-electron chi connectivity index (χ4n) is 3.18. The normalized spacial score (nSPS) is 18.2. The average molecular weight is 329 g/mol. The zero-order chi connectivity index (χ0) is 16.9. The van der Waals surface area contributed by atoms with Gasteiger partial charge in [-0.3, -0.25) is 9.67 Å². The largest absolute Gasteiger partial charge is 0.356 e. The summed E-state index contributed by atoms with van der Waals surface area (Å²) in [7, 11) is 3.77. The summed E-state index contributed by atoms with van der Waals surface area (Å²) in [5, 5.41) is 7.68. The Bertz CT molecular complexity index is 692. The van der Waals surface area contributed by atoms with Gasteiger partial charge in [0.2, 0.25) is 0 Å². The molecule has 1 fully saturated rings. The number of aliphatic imine (C=N–C) groups is 1. The van der Waals surface area contributed by atoms with Gasteiger partial charge >= 0.3 is 0 Å². The number of aryl methyl sites for hydroxylation is 1. The second-order valence-corrected chi connectivity index (χ2v) is 6.23. The fourth-order valence-corrected chi connectivity index (χ4v) is 3.18. The van der Waals surface area contributed by atoms with Crippen LogP contribution in [0.3, 0.4) is 0 Å². The molecule has 1 aliphatic rings. The molecule has 1 saturated heterocycles. The van der Waals surface area contributed by atoms with Crippen molar-refractivity contribution >= 4 is 5.96 Å². The number of hydrogen-bond donors (Lipinski definition) is 1. The van der Waals surface area contributed by atoms with Crippen LogP contribution in [0.1, 0.15) is 23.5 Å². The molecule has 0 aliphatic carbocycles. The molecule has 0 amide bonds. The van der Waals surface area contributed by atoms with Crippen LogP contribution >= 0.6 is 0 Å². The van der Waals surface area contributed by atoms with E-state index in [4.69, 9.17) is 0 Å². The van der Waals surface area contributed by atoms with Crippen molar-refractivity contribution in [2.24, 2.45) is 12.0 Å². The molecule has 2 heterocycles. The number of nitrogens with one attached hydrogen (secondary N) is 1. The third kappa shape index (κ3) is 3.93. The first-order chi connectivity index (χ1) is 11.7. The van der Waals surface area contributed by atoms with Crippen LogP contribution in [0.15, 0.2) is 41.7 Å². The number of rotatable bonds is 4. The summed E-state index contributed by atoms with van der Waals surface area (Å²) in [6, 6.07) is 6.66. The Balaban J connectivity index is 1.50. The van der Waals surface area contributed by atoms with Crippen molar-refractivity contribution in [1.29, 1.82) is 0 Å². The van der Waals surface area contributed by atoms with Crippen LogP contribution in [0.4, 0.5) is 4.39 Å². The first-order valence-corrected chi connectivity index (χ1v) is 8.34. The van der Waals surface area contributed by atoms with Crippen molar-refractivity contribution in [3.63, 3.8) is 0 Å². The lowest BCUT2D eigenvalue weighted by molar-refractivity contribution is 0.486. The second kappa shape index (κ2) is 7.47. The molecule has 1 aliphatic heterocycles. The Labute approximate surface area is 142 Å². The van der Waals surface area contributed by atoms with Crippen molar-refractivity contribution in [2.45, 2.75) is 18.8 Å². The predicted octanol–water partition coefficient (Wildman–Crippen LogP) is 2.17. The van der Waals surface area contributed by atoms with E-state index < -0.39 is 0 Å². The Kier molecular flexibility index (Phi) is 5.13. The highest BCUT2D eigenvalue weighted by Gasteiger charge is 2.26. The fraction of sp³-hybridized carbons (Fsp3) is 0.444. The van der Waals surface area contributed by atoms with Gasteiger partial charge in [-0.05, 0) is 36.1 Å². The van der Waals surface area contributed by atoms with Gasteiger partial charge in [0.25, 0.3) is 0 Å². The van der Waals surface area contributed by atoms with Gasteiger partial charge in [0.15, 0.2) is 5.96 Å². The van der Waals surface area contributed by atoms with E-state index in [1.165, 1.54) is 17.7 Å². The van der Waals surface area contributed by atoms with Gasteiger partial charge in [-0.1, -0.05) is 12.1 Å². The number of nitrogens with zero attached hydrogens (tertiary/aromatic N) is 4. The molecule has 2 aromatic rings. The number of guanidine groups is 1. The summed E-state index contributed by atoms with van der Waals surface area (Å²) in [6.07, 6.45) is 6.02. The van der Waals surface area contributed by atoms with E-state index in [9.17, 15) is 4.39 Å². The molecular formula is C18H24FN5. The lowest BCUT2D eigenvalue weighted by atomic mass is 10.0. The monoisotopic (exact) mass is 329 g/mol. The lowest BCUT2D eigenvalue weighted by Crippen LogP contribution is -2.40. The maximum atomic E-state index is 12.9. The van der Waals surface area contributed by atoms with E-state index in [-0.39, 0.29) is 5.82 Å². The summed E-state index contributed by atoms with van der Waals surface area (Å²) in [5.41, 5.74) is 2.41. The highest BCUT2D eigenvalue weighted by molar-refractivity contribution is 5.80. The highest BCUT2D eigenvalue weighted by atomic mass is 19.1. The van der Waals surface area contributed by atoms with Crippen LogP contribution in [0.5, 0.6) is 0 Å². The summed E-state index contributed by atoms with van der Waals surface area (Å²) in [6.45, 7) is 2.74. The first-order valence-electron chi connectivity index (χ1n) is 8.34. The number of benzene rings is 1. The SMILES string of the molecule is CN=C(NCCc1ccc(F)cc1)N1CCC(c2cnn(C)c2)C1. The summed E-state index contributed by atoms with van der Waals surface area (Å²) in [5.74, 6) is 1.25. The Morgan fingerprint density at radius 2 is 2.17 bits per heavy atom. The van der Waals surface area contributed by atoms with Gasteiger partial charge in [-0.25, -0.2) is 4.39 Å². The van der Waals surface area contributed by atoms with Gasteiger partial charge in [-0.2, -0.15) is 5.10 Å². The number of hydrogen-bond acceptors (Lipinski definition) is 2. The molecule has 24 heavy (non-hydrogen) atoms. The Morgan fingerprint density at radius 3 is 2.83 bits per heavy atom. The van der Waals surface area contributed by atoms with Crippen molar-refractivity contribution in [3.05, 3.63) is 53.6 Å². The van der Waals surface area contributed by atoms with E-state index in [0.29, 0.717) is 5.92 Å². The number of halogens is 1. The van der Waals surface area contributed by atoms with Crippen molar-refractivity contribution < 1.29 is 4.39 Å². The molecule has 1 N–H and O–H groups in total. The van der Waals surface area contributed by atoms with Crippen molar-refractivity contribution in [1.82, 2.24) is 20.0 Å². The van der Waals surface area contributed by atoms with Crippen LogP contribution in [-0.2, 0) is 13.5 Å². The Hall–Kier alpha value is -2.37. The zero-order valence-corrected chi connectivity index (χ0v) is 14.2. The molecule has 1 unspecified atom stereocenters. The minimum Gasteiger partial charge on any atom is -0.356 e. The van der Waals surface area contributed by atoms with E-state index in [2.05, 4.69) is 26.5 Å².